The van der Waals surface area contributed by atoms with Crippen LogP contribution in [0.25, 0.3) is 11.5 Å². The van der Waals surface area contributed by atoms with Crippen LogP contribution in [0.3, 0.4) is 0 Å². The van der Waals surface area contributed by atoms with Crippen LogP contribution >= 0.6 is 0 Å². The summed E-state index contributed by atoms with van der Waals surface area (Å²) in [6.07, 6.45) is 3.76. The number of aryl methyl sites for hydroxylation is 1. The van der Waals surface area contributed by atoms with Crippen LogP contribution < -0.4 is 5.32 Å². The van der Waals surface area contributed by atoms with Crippen molar-refractivity contribution in [2.45, 2.75) is 32.7 Å². The van der Waals surface area contributed by atoms with Crippen molar-refractivity contribution in [3.05, 3.63) is 18.0 Å². The van der Waals surface area contributed by atoms with Crippen LogP contribution in [0.5, 0.6) is 0 Å². The van der Waals surface area contributed by atoms with Crippen LogP contribution in [0, 0.1) is 12.8 Å². The number of nitrogens with one attached hydrogen (secondary N) is 1. The number of piperidine rings is 1. The molecule has 18 heavy (non-hydrogen) atoms. The quantitative estimate of drug-likeness (QED) is 0.876. The van der Waals surface area contributed by atoms with Gasteiger partial charge in [-0.15, -0.1) is 0 Å². The Labute approximate surface area is 105 Å². The van der Waals surface area contributed by atoms with Crippen molar-refractivity contribution in [2.75, 3.05) is 6.54 Å². The molecule has 2 aromatic heterocycles. The Morgan fingerprint density at radius 1 is 1.39 bits per heavy atom. The standard InChI is InChI=1S/C12H16N4O2/c1-7-3-4-13-9(5-7)12-15-11(16-18-12)10-6-17-8(2)14-10/h6-7,9,13H,3-5H2,1-2H3. The molecule has 0 aliphatic carbocycles. The van der Waals surface area contributed by atoms with Gasteiger partial charge in [-0.25, -0.2) is 4.98 Å². The maximum Gasteiger partial charge on any atom is 0.244 e. The van der Waals surface area contributed by atoms with Crippen molar-refractivity contribution in [1.82, 2.24) is 20.4 Å². The second-order valence-corrected chi connectivity index (χ2v) is 4.84. The predicted molar refractivity (Wildman–Crippen MR) is 63.7 cm³/mol. The van der Waals surface area contributed by atoms with Crippen molar-refractivity contribution in [2.24, 2.45) is 5.92 Å². The first-order valence-corrected chi connectivity index (χ1v) is 6.22. The molecule has 2 atom stereocenters. The van der Waals surface area contributed by atoms with Gasteiger partial charge in [-0.05, 0) is 25.3 Å². The number of oxazole rings is 1. The summed E-state index contributed by atoms with van der Waals surface area (Å²) in [6, 6.07) is 0.156. The van der Waals surface area contributed by atoms with E-state index in [9.17, 15) is 0 Å². The largest absolute Gasteiger partial charge is 0.449 e. The van der Waals surface area contributed by atoms with Crippen LogP contribution in [-0.2, 0) is 0 Å². The first-order valence-electron chi connectivity index (χ1n) is 6.22. The number of hydrogen-bond acceptors (Lipinski definition) is 6. The molecule has 2 aromatic rings. The zero-order valence-electron chi connectivity index (χ0n) is 10.5. The summed E-state index contributed by atoms with van der Waals surface area (Å²) in [5.74, 6) is 2.40. The summed E-state index contributed by atoms with van der Waals surface area (Å²) in [5.41, 5.74) is 0.617. The van der Waals surface area contributed by atoms with Gasteiger partial charge < -0.3 is 14.3 Å². The molecule has 0 radical (unpaired) electrons. The third kappa shape index (κ3) is 2.15. The van der Waals surface area contributed by atoms with Gasteiger partial charge in [0.25, 0.3) is 0 Å². The van der Waals surface area contributed by atoms with Gasteiger partial charge in [0.2, 0.25) is 11.7 Å². The molecular weight excluding hydrogens is 232 g/mol. The Morgan fingerprint density at radius 2 is 2.28 bits per heavy atom. The highest BCUT2D eigenvalue weighted by Gasteiger charge is 2.25. The van der Waals surface area contributed by atoms with E-state index in [1.54, 1.807) is 13.2 Å². The van der Waals surface area contributed by atoms with Gasteiger partial charge in [0.1, 0.15) is 12.0 Å². The molecule has 3 heterocycles. The lowest BCUT2D eigenvalue weighted by atomic mass is 9.94. The van der Waals surface area contributed by atoms with E-state index in [1.165, 1.54) is 6.42 Å². The molecule has 2 unspecified atom stereocenters. The third-order valence-electron chi connectivity index (χ3n) is 3.25. The van der Waals surface area contributed by atoms with Crippen molar-refractivity contribution in [3.8, 4) is 11.5 Å². The Bertz CT molecular complexity index is 534. The normalized spacial score (nSPS) is 24.3. The Hall–Kier alpha value is -1.69. The average molecular weight is 248 g/mol. The van der Waals surface area contributed by atoms with Crippen LogP contribution in [-0.4, -0.2) is 21.7 Å². The summed E-state index contributed by atoms with van der Waals surface area (Å²) < 4.78 is 10.5. The Balaban J connectivity index is 1.80. The Kier molecular flexibility index (Phi) is 2.87. The number of aromatic nitrogens is 3. The molecule has 1 aliphatic heterocycles. The molecular formula is C12H16N4O2. The fourth-order valence-electron chi connectivity index (χ4n) is 2.24. The lowest BCUT2D eigenvalue weighted by Gasteiger charge is -2.25. The van der Waals surface area contributed by atoms with Crippen LogP contribution in [0.4, 0.5) is 0 Å². The Morgan fingerprint density at radius 3 is 3.00 bits per heavy atom. The van der Waals surface area contributed by atoms with Crippen molar-refractivity contribution < 1.29 is 8.94 Å². The van der Waals surface area contributed by atoms with E-state index < -0.39 is 0 Å². The van der Waals surface area contributed by atoms with Gasteiger partial charge >= 0.3 is 0 Å². The monoisotopic (exact) mass is 248 g/mol. The maximum absolute atomic E-state index is 5.31. The lowest BCUT2D eigenvalue weighted by molar-refractivity contribution is 0.260. The van der Waals surface area contributed by atoms with Crippen molar-refractivity contribution >= 4 is 0 Å². The second kappa shape index (κ2) is 4.53. The molecule has 6 heteroatoms. The maximum atomic E-state index is 5.31. The smallest absolute Gasteiger partial charge is 0.244 e. The molecule has 1 saturated heterocycles. The fourth-order valence-corrected chi connectivity index (χ4v) is 2.24. The van der Waals surface area contributed by atoms with E-state index in [4.69, 9.17) is 8.94 Å². The predicted octanol–water partition coefficient (Wildman–Crippen LogP) is 2.09. The molecule has 3 rings (SSSR count). The molecule has 0 saturated carbocycles. The second-order valence-electron chi connectivity index (χ2n) is 4.84. The lowest BCUT2D eigenvalue weighted by Crippen LogP contribution is -2.30. The number of nitrogens with zero attached hydrogens (tertiary/aromatic N) is 3. The van der Waals surface area contributed by atoms with Gasteiger partial charge in [-0.3, -0.25) is 0 Å². The minimum Gasteiger partial charge on any atom is -0.449 e. The first kappa shape index (κ1) is 11.4. The molecule has 0 spiro atoms. The van der Waals surface area contributed by atoms with Crippen LogP contribution in [0.2, 0.25) is 0 Å². The van der Waals surface area contributed by atoms with Gasteiger partial charge in [-0.1, -0.05) is 12.1 Å². The summed E-state index contributed by atoms with van der Waals surface area (Å²) >= 11 is 0. The summed E-state index contributed by atoms with van der Waals surface area (Å²) in [6.45, 7) is 5.02. The number of hydrogen-bond donors (Lipinski definition) is 1. The van der Waals surface area contributed by atoms with E-state index in [-0.39, 0.29) is 6.04 Å². The van der Waals surface area contributed by atoms with Gasteiger partial charge in [0.05, 0.1) is 6.04 Å². The SMILES string of the molecule is Cc1nc(-c2noc(C3CC(C)CCN3)n2)co1. The molecule has 1 fully saturated rings. The highest BCUT2D eigenvalue weighted by atomic mass is 16.5. The van der Waals surface area contributed by atoms with Crippen LogP contribution in [0.1, 0.15) is 37.6 Å². The molecule has 0 bridgehead atoms. The van der Waals surface area contributed by atoms with E-state index in [0.29, 0.717) is 29.2 Å². The van der Waals surface area contributed by atoms with Crippen molar-refractivity contribution in [3.63, 3.8) is 0 Å². The van der Waals surface area contributed by atoms with E-state index in [2.05, 4.69) is 27.4 Å². The zero-order chi connectivity index (χ0) is 12.5. The topological polar surface area (TPSA) is 77.0 Å². The summed E-state index contributed by atoms with van der Waals surface area (Å²) in [4.78, 5) is 8.57. The summed E-state index contributed by atoms with van der Waals surface area (Å²) in [7, 11) is 0. The molecule has 1 aliphatic rings. The zero-order valence-corrected chi connectivity index (χ0v) is 10.5. The van der Waals surface area contributed by atoms with Gasteiger partial charge in [0.15, 0.2) is 5.89 Å². The highest BCUT2D eigenvalue weighted by Crippen LogP contribution is 2.27. The molecule has 1 N–H and O–H groups in total. The van der Waals surface area contributed by atoms with E-state index in [1.807, 2.05) is 0 Å². The number of rotatable bonds is 2. The molecule has 0 aromatic carbocycles. The molecule has 96 valence electrons. The molecule has 0 amide bonds. The van der Waals surface area contributed by atoms with Gasteiger partial charge in [-0.2, -0.15) is 4.98 Å². The van der Waals surface area contributed by atoms with Gasteiger partial charge in [0, 0.05) is 6.92 Å². The molecule has 6 nitrogen and oxygen atoms in total. The van der Waals surface area contributed by atoms with Crippen molar-refractivity contribution in [1.29, 1.82) is 0 Å². The minimum atomic E-state index is 0.156. The summed E-state index contributed by atoms with van der Waals surface area (Å²) in [5, 5.41) is 7.35. The van der Waals surface area contributed by atoms with E-state index >= 15 is 0 Å². The minimum absolute atomic E-state index is 0.156. The van der Waals surface area contributed by atoms with E-state index in [0.717, 1.165) is 13.0 Å². The average Bonchev–Trinajstić information content (AvgIpc) is 2.97. The fraction of sp³-hybridized carbons (Fsp3) is 0.583. The van der Waals surface area contributed by atoms with Crippen LogP contribution in [0.15, 0.2) is 15.2 Å². The first-order chi connectivity index (χ1) is 8.72. The highest BCUT2D eigenvalue weighted by molar-refractivity contribution is 5.45. The third-order valence-corrected chi connectivity index (χ3v) is 3.25.